The molecule has 0 saturated carbocycles. The summed E-state index contributed by atoms with van der Waals surface area (Å²) in [5.74, 6) is 0.551. The number of carbonyl (C=O) groups excluding carboxylic acids is 1. The average Bonchev–Trinajstić information content (AvgIpc) is 2.59. The van der Waals surface area contributed by atoms with Crippen LogP contribution in [-0.4, -0.2) is 23.6 Å². The topological polar surface area (TPSA) is 113 Å². The smallest absolute Gasteiger partial charge is 0.330 e. The zero-order valence-electron chi connectivity index (χ0n) is 15.8. The van der Waals surface area contributed by atoms with E-state index in [1.807, 2.05) is 45.0 Å². The minimum absolute atomic E-state index is 0.267. The maximum Gasteiger partial charge on any atom is 0.330 e. The van der Waals surface area contributed by atoms with Crippen LogP contribution in [0.5, 0.6) is 0 Å². The van der Waals surface area contributed by atoms with E-state index in [0.717, 1.165) is 11.3 Å². The molecule has 27 heavy (non-hydrogen) atoms. The molecule has 0 spiro atoms. The van der Waals surface area contributed by atoms with E-state index in [1.165, 1.54) is 13.2 Å². The molecule has 1 aromatic carbocycles. The molecular formula is C20H23N5O2. The van der Waals surface area contributed by atoms with Gasteiger partial charge in [-0.2, -0.15) is 5.26 Å². The molecule has 0 fully saturated rings. The number of hydrogen-bond acceptors (Lipinski definition) is 7. The molecule has 0 amide bonds. The number of pyridine rings is 1. The first-order chi connectivity index (χ1) is 12.7. The van der Waals surface area contributed by atoms with E-state index in [0.29, 0.717) is 22.9 Å². The number of nitrogens with two attached hydrogens (primary N) is 1. The number of rotatable bonds is 5. The summed E-state index contributed by atoms with van der Waals surface area (Å²) >= 11 is 0. The Morgan fingerprint density at radius 3 is 2.52 bits per heavy atom. The van der Waals surface area contributed by atoms with E-state index < -0.39 is 5.97 Å². The highest BCUT2D eigenvalue weighted by molar-refractivity contribution is 5.87. The van der Waals surface area contributed by atoms with Crippen molar-refractivity contribution in [3.8, 4) is 6.07 Å². The number of nitrogen functional groups attached to an aromatic ring is 1. The fraction of sp³-hybridized carbons (Fsp3) is 0.250. The Morgan fingerprint density at radius 1 is 1.30 bits per heavy atom. The van der Waals surface area contributed by atoms with Crippen LogP contribution in [-0.2, 0) is 9.53 Å². The molecule has 0 aliphatic rings. The van der Waals surface area contributed by atoms with Gasteiger partial charge in [0.1, 0.15) is 23.3 Å². The van der Waals surface area contributed by atoms with Crippen molar-refractivity contribution in [3.05, 3.63) is 47.5 Å². The molecule has 0 aliphatic carbocycles. The summed E-state index contributed by atoms with van der Waals surface area (Å²) < 4.78 is 4.56. The fourth-order valence-corrected chi connectivity index (χ4v) is 2.25. The van der Waals surface area contributed by atoms with Crippen molar-refractivity contribution in [3.63, 3.8) is 0 Å². The maximum absolute atomic E-state index is 11.1. The molecule has 2 rings (SSSR count). The van der Waals surface area contributed by atoms with Gasteiger partial charge in [0.2, 0.25) is 0 Å². The number of esters is 1. The monoisotopic (exact) mass is 365 g/mol. The summed E-state index contributed by atoms with van der Waals surface area (Å²) in [6.45, 7) is 5.94. The van der Waals surface area contributed by atoms with E-state index in [9.17, 15) is 10.1 Å². The SMILES string of the molecule is COC(=O)/C=C/c1ccc(Nc2cc(N)c(C#N)c(NC(C)(C)C)n2)cc1. The number of nitrogens with one attached hydrogen (secondary N) is 2. The summed E-state index contributed by atoms with van der Waals surface area (Å²) in [6.07, 6.45) is 3.02. The number of nitriles is 1. The number of anilines is 4. The molecule has 7 heteroatoms. The second kappa shape index (κ2) is 8.23. The van der Waals surface area contributed by atoms with Gasteiger partial charge in [-0.25, -0.2) is 9.78 Å². The lowest BCUT2D eigenvalue weighted by Crippen LogP contribution is -2.27. The van der Waals surface area contributed by atoms with Crippen LogP contribution in [0.1, 0.15) is 31.9 Å². The standard InChI is InChI=1S/C20H23N5O2/c1-20(2,3)25-19-15(12-21)16(22)11-17(24-19)23-14-8-5-13(6-9-14)7-10-18(26)27-4/h5-11H,1-4H3,(H4,22,23,24,25)/b10-7+. The van der Waals surface area contributed by atoms with Gasteiger partial charge >= 0.3 is 5.97 Å². The van der Waals surface area contributed by atoms with E-state index in [2.05, 4.69) is 26.4 Å². The second-order valence-corrected chi connectivity index (χ2v) is 6.91. The zero-order valence-corrected chi connectivity index (χ0v) is 15.8. The number of methoxy groups -OCH3 is 1. The Morgan fingerprint density at radius 2 is 1.96 bits per heavy atom. The minimum atomic E-state index is -0.409. The summed E-state index contributed by atoms with van der Waals surface area (Å²) in [5.41, 5.74) is 8.06. The van der Waals surface area contributed by atoms with Crippen LogP contribution in [0.25, 0.3) is 6.08 Å². The summed E-state index contributed by atoms with van der Waals surface area (Å²) in [4.78, 5) is 15.6. The molecule has 140 valence electrons. The number of hydrogen-bond donors (Lipinski definition) is 3. The Balaban J connectivity index is 2.23. The average molecular weight is 365 g/mol. The van der Waals surface area contributed by atoms with Crippen LogP contribution in [0.2, 0.25) is 0 Å². The van der Waals surface area contributed by atoms with Gasteiger partial charge in [-0.05, 0) is 44.5 Å². The minimum Gasteiger partial charge on any atom is -0.466 e. The molecule has 0 saturated heterocycles. The lowest BCUT2D eigenvalue weighted by Gasteiger charge is -2.23. The molecule has 1 heterocycles. The number of carbonyl (C=O) groups is 1. The third-order valence-corrected chi connectivity index (χ3v) is 3.45. The number of ether oxygens (including phenoxy) is 1. The predicted octanol–water partition coefficient (Wildman–Crippen LogP) is 3.68. The van der Waals surface area contributed by atoms with E-state index in [1.54, 1.807) is 12.1 Å². The van der Waals surface area contributed by atoms with Gasteiger partial charge in [-0.15, -0.1) is 0 Å². The first-order valence-electron chi connectivity index (χ1n) is 8.34. The van der Waals surface area contributed by atoms with Gasteiger partial charge < -0.3 is 21.1 Å². The third kappa shape index (κ3) is 5.75. The van der Waals surface area contributed by atoms with Crippen LogP contribution >= 0.6 is 0 Å². The number of aromatic nitrogens is 1. The first-order valence-corrected chi connectivity index (χ1v) is 8.34. The van der Waals surface area contributed by atoms with Crippen molar-refractivity contribution in [2.24, 2.45) is 0 Å². The van der Waals surface area contributed by atoms with Gasteiger partial charge in [-0.3, -0.25) is 0 Å². The van der Waals surface area contributed by atoms with Gasteiger partial charge in [0.15, 0.2) is 0 Å². The van der Waals surface area contributed by atoms with Crippen molar-refractivity contribution in [1.29, 1.82) is 5.26 Å². The van der Waals surface area contributed by atoms with Crippen LogP contribution in [0.4, 0.5) is 23.0 Å². The third-order valence-electron chi connectivity index (χ3n) is 3.45. The van der Waals surface area contributed by atoms with Crippen LogP contribution < -0.4 is 16.4 Å². The van der Waals surface area contributed by atoms with Gasteiger partial charge in [-0.1, -0.05) is 12.1 Å². The first kappa shape index (κ1) is 19.8. The van der Waals surface area contributed by atoms with E-state index in [-0.39, 0.29) is 5.54 Å². The molecule has 4 N–H and O–H groups in total. The molecule has 0 bridgehead atoms. The summed E-state index contributed by atoms with van der Waals surface area (Å²) in [5, 5.41) is 15.7. The second-order valence-electron chi connectivity index (χ2n) is 6.91. The zero-order chi connectivity index (χ0) is 20.0. The molecule has 0 radical (unpaired) electrons. The highest BCUT2D eigenvalue weighted by Crippen LogP contribution is 2.27. The Kier molecular flexibility index (Phi) is 6.03. The predicted molar refractivity (Wildman–Crippen MR) is 108 cm³/mol. The molecule has 2 aromatic rings. The molecule has 0 unspecified atom stereocenters. The Bertz CT molecular complexity index is 890. The highest BCUT2D eigenvalue weighted by atomic mass is 16.5. The van der Waals surface area contributed by atoms with Gasteiger partial charge in [0, 0.05) is 23.4 Å². The molecule has 0 aliphatic heterocycles. The quantitative estimate of drug-likeness (QED) is 0.547. The van der Waals surface area contributed by atoms with Crippen molar-refractivity contribution in [1.82, 2.24) is 4.98 Å². The van der Waals surface area contributed by atoms with Crippen molar-refractivity contribution in [2.75, 3.05) is 23.5 Å². The molecule has 0 atom stereocenters. The summed E-state index contributed by atoms with van der Waals surface area (Å²) in [7, 11) is 1.33. The van der Waals surface area contributed by atoms with Gasteiger partial charge in [0.25, 0.3) is 0 Å². The lowest BCUT2D eigenvalue weighted by atomic mass is 10.1. The lowest BCUT2D eigenvalue weighted by molar-refractivity contribution is -0.134. The normalized spacial score (nSPS) is 11.1. The maximum atomic E-state index is 11.1. The largest absolute Gasteiger partial charge is 0.466 e. The Labute approximate surface area is 158 Å². The number of benzene rings is 1. The molecule has 1 aromatic heterocycles. The molecule has 7 nitrogen and oxygen atoms in total. The fourth-order valence-electron chi connectivity index (χ4n) is 2.25. The molecular weight excluding hydrogens is 342 g/mol. The van der Waals surface area contributed by atoms with Crippen molar-refractivity contribution >= 4 is 35.1 Å². The van der Waals surface area contributed by atoms with E-state index in [4.69, 9.17) is 5.73 Å². The van der Waals surface area contributed by atoms with Crippen LogP contribution in [0, 0.1) is 11.3 Å². The van der Waals surface area contributed by atoms with Crippen LogP contribution in [0.15, 0.2) is 36.4 Å². The van der Waals surface area contributed by atoms with Gasteiger partial charge in [0.05, 0.1) is 12.8 Å². The highest BCUT2D eigenvalue weighted by Gasteiger charge is 2.16. The van der Waals surface area contributed by atoms with Crippen molar-refractivity contribution in [2.45, 2.75) is 26.3 Å². The van der Waals surface area contributed by atoms with Crippen molar-refractivity contribution < 1.29 is 9.53 Å². The summed E-state index contributed by atoms with van der Waals surface area (Å²) in [6, 6.07) is 11.1. The van der Waals surface area contributed by atoms with Crippen LogP contribution in [0.3, 0.4) is 0 Å². The Hall–Kier alpha value is -3.53. The van der Waals surface area contributed by atoms with E-state index >= 15 is 0 Å². The number of nitrogens with zero attached hydrogens (tertiary/aromatic N) is 2.